The van der Waals surface area contributed by atoms with Crippen LogP contribution in [-0.4, -0.2) is 30.8 Å². The molecule has 3 aromatic rings. The van der Waals surface area contributed by atoms with E-state index >= 15 is 0 Å². The fourth-order valence-electron chi connectivity index (χ4n) is 2.98. The number of hydrogen-bond acceptors (Lipinski definition) is 7. The second-order valence-electron chi connectivity index (χ2n) is 7.14. The Morgan fingerprint density at radius 3 is 2.71 bits per heavy atom. The number of amides is 1. The molecule has 3 rings (SSSR count). The average Bonchev–Trinajstić information content (AvgIpc) is 2.85. The van der Waals surface area contributed by atoms with Gasteiger partial charge in [-0.3, -0.25) is 4.79 Å². The van der Waals surface area contributed by atoms with E-state index in [0.29, 0.717) is 28.1 Å². The maximum atomic E-state index is 12.2. The van der Waals surface area contributed by atoms with Gasteiger partial charge in [0.25, 0.3) is 5.91 Å². The third kappa shape index (κ3) is 6.88. The van der Waals surface area contributed by atoms with Gasteiger partial charge < -0.3 is 14.2 Å². The maximum absolute atomic E-state index is 12.2. The largest absolute Gasteiger partial charge is 0.489 e. The second-order valence-corrected chi connectivity index (χ2v) is 7.94. The number of hydrogen-bond donors (Lipinski definition) is 1. The summed E-state index contributed by atoms with van der Waals surface area (Å²) >= 11 is 3.41. The molecule has 1 heterocycles. The highest BCUT2D eigenvalue weighted by Gasteiger charge is 2.18. The van der Waals surface area contributed by atoms with Crippen molar-refractivity contribution in [3.63, 3.8) is 0 Å². The van der Waals surface area contributed by atoms with Crippen molar-refractivity contribution < 1.29 is 19.0 Å². The lowest BCUT2D eigenvalue weighted by Gasteiger charge is -2.13. The molecule has 0 aliphatic rings. The molecule has 0 unspecified atom stereocenters. The Morgan fingerprint density at radius 1 is 1.18 bits per heavy atom. The Bertz CT molecular complexity index is 1210. The van der Waals surface area contributed by atoms with E-state index in [4.69, 9.17) is 14.2 Å². The van der Waals surface area contributed by atoms with Crippen LogP contribution in [0.3, 0.4) is 0 Å². The van der Waals surface area contributed by atoms with Gasteiger partial charge in [0.15, 0.2) is 6.61 Å². The van der Waals surface area contributed by atoms with Crippen LogP contribution in [0.15, 0.2) is 64.2 Å². The highest BCUT2D eigenvalue weighted by molar-refractivity contribution is 9.10. The van der Waals surface area contributed by atoms with Crippen molar-refractivity contribution >= 4 is 28.1 Å². The summed E-state index contributed by atoms with van der Waals surface area (Å²) in [7, 11) is 1.53. The topological polar surface area (TPSA) is 106 Å². The van der Waals surface area contributed by atoms with E-state index < -0.39 is 5.91 Å². The fraction of sp³-hybridized carbons (Fsp3) is 0.200. The number of aromatic nitrogens is 1. The van der Waals surface area contributed by atoms with Crippen LogP contribution < -0.4 is 14.9 Å². The first-order chi connectivity index (χ1) is 16.5. The fourth-order valence-corrected chi connectivity index (χ4v) is 3.39. The average molecular weight is 523 g/mol. The van der Waals surface area contributed by atoms with E-state index in [9.17, 15) is 10.1 Å². The van der Waals surface area contributed by atoms with Gasteiger partial charge in [0.05, 0.1) is 18.5 Å². The summed E-state index contributed by atoms with van der Waals surface area (Å²) in [5.41, 5.74) is 5.67. The Hall–Kier alpha value is -3.74. The minimum atomic E-state index is -0.493. The van der Waals surface area contributed by atoms with Crippen molar-refractivity contribution in [3.8, 4) is 17.7 Å². The second kappa shape index (κ2) is 12.5. The van der Waals surface area contributed by atoms with Crippen LogP contribution in [-0.2, 0) is 22.7 Å². The maximum Gasteiger partial charge on any atom is 0.278 e. The number of nitriles is 1. The van der Waals surface area contributed by atoms with E-state index in [1.807, 2.05) is 54.6 Å². The molecule has 174 valence electrons. The van der Waals surface area contributed by atoms with Gasteiger partial charge >= 0.3 is 0 Å². The normalized spacial score (nSPS) is 10.6. The number of hydrazone groups is 1. The van der Waals surface area contributed by atoms with Crippen LogP contribution in [0.5, 0.6) is 11.6 Å². The number of benzene rings is 2. The zero-order chi connectivity index (χ0) is 24.3. The third-order valence-electron chi connectivity index (χ3n) is 4.62. The molecule has 0 bridgehead atoms. The summed E-state index contributed by atoms with van der Waals surface area (Å²) in [6.07, 6.45) is 1.51. The molecule has 0 aliphatic heterocycles. The third-order valence-corrected chi connectivity index (χ3v) is 5.67. The molecule has 34 heavy (non-hydrogen) atoms. The molecule has 0 spiro atoms. The quantitative estimate of drug-likeness (QED) is 0.314. The summed E-state index contributed by atoms with van der Waals surface area (Å²) in [6.45, 7) is 2.07. The number of nitrogens with one attached hydrogen (secondary N) is 1. The predicted octanol–water partition coefficient (Wildman–Crippen LogP) is 4.28. The standard InChI is InChI=1S/C25H23BrN4O4/c1-17-24(26)22(15-32-2)21(12-27)25(29-17)34-16-23(31)30-28-13-19-9-6-10-20(11-19)33-14-18-7-4-3-5-8-18/h3-11,13H,14-16H2,1-2H3,(H,30,31)/b28-13-. The molecule has 0 fully saturated rings. The molecule has 2 aromatic carbocycles. The van der Waals surface area contributed by atoms with Gasteiger partial charge in [0.1, 0.15) is 24.0 Å². The summed E-state index contributed by atoms with van der Waals surface area (Å²) in [5, 5.41) is 13.5. The van der Waals surface area contributed by atoms with Crippen LogP contribution in [0.25, 0.3) is 0 Å². The minimum absolute atomic E-state index is 0.0673. The molecule has 0 saturated carbocycles. The molecule has 9 heteroatoms. The van der Waals surface area contributed by atoms with Gasteiger partial charge in [0.2, 0.25) is 5.88 Å². The number of nitrogens with zero attached hydrogens (tertiary/aromatic N) is 3. The number of pyridine rings is 1. The highest BCUT2D eigenvalue weighted by Crippen LogP contribution is 2.29. The molecule has 0 saturated heterocycles. The first-order valence-electron chi connectivity index (χ1n) is 10.3. The van der Waals surface area contributed by atoms with Gasteiger partial charge in [0, 0.05) is 17.1 Å². The number of aryl methyl sites for hydroxylation is 1. The van der Waals surface area contributed by atoms with Crippen molar-refractivity contribution in [2.75, 3.05) is 13.7 Å². The van der Waals surface area contributed by atoms with Crippen molar-refractivity contribution in [1.82, 2.24) is 10.4 Å². The Morgan fingerprint density at radius 2 is 1.97 bits per heavy atom. The number of carbonyl (C=O) groups is 1. The molecule has 0 radical (unpaired) electrons. The van der Waals surface area contributed by atoms with Crippen molar-refractivity contribution in [1.29, 1.82) is 5.26 Å². The number of carbonyl (C=O) groups excluding carboxylic acids is 1. The van der Waals surface area contributed by atoms with E-state index in [0.717, 1.165) is 11.1 Å². The zero-order valence-electron chi connectivity index (χ0n) is 18.7. The van der Waals surface area contributed by atoms with E-state index in [-0.39, 0.29) is 24.7 Å². The monoisotopic (exact) mass is 522 g/mol. The van der Waals surface area contributed by atoms with E-state index in [1.165, 1.54) is 13.3 Å². The van der Waals surface area contributed by atoms with Crippen LogP contribution in [0.4, 0.5) is 0 Å². The SMILES string of the molecule is COCc1c(Br)c(C)nc(OCC(=O)N/N=C\c2cccc(OCc3ccccc3)c2)c1C#N. The lowest BCUT2D eigenvalue weighted by molar-refractivity contribution is -0.123. The van der Waals surface area contributed by atoms with Crippen LogP contribution >= 0.6 is 15.9 Å². The molecule has 0 atom stereocenters. The van der Waals surface area contributed by atoms with Gasteiger partial charge in [-0.15, -0.1) is 0 Å². The van der Waals surface area contributed by atoms with E-state index in [2.05, 4.69) is 37.5 Å². The van der Waals surface area contributed by atoms with Crippen molar-refractivity contribution in [2.45, 2.75) is 20.1 Å². The van der Waals surface area contributed by atoms with Crippen molar-refractivity contribution in [2.24, 2.45) is 5.10 Å². The summed E-state index contributed by atoms with van der Waals surface area (Å²) in [4.78, 5) is 16.4. The van der Waals surface area contributed by atoms with Crippen LogP contribution in [0.2, 0.25) is 0 Å². The Kier molecular flexibility index (Phi) is 9.14. The lowest BCUT2D eigenvalue weighted by atomic mass is 10.1. The van der Waals surface area contributed by atoms with Gasteiger partial charge in [-0.1, -0.05) is 42.5 Å². The van der Waals surface area contributed by atoms with E-state index in [1.54, 1.807) is 6.92 Å². The lowest BCUT2D eigenvalue weighted by Crippen LogP contribution is -2.25. The Balaban J connectivity index is 1.56. The van der Waals surface area contributed by atoms with Crippen LogP contribution in [0.1, 0.15) is 27.9 Å². The zero-order valence-corrected chi connectivity index (χ0v) is 20.3. The minimum Gasteiger partial charge on any atom is -0.489 e. The first-order valence-corrected chi connectivity index (χ1v) is 11.1. The number of methoxy groups -OCH3 is 1. The number of halogens is 1. The molecular formula is C25H23BrN4O4. The summed E-state index contributed by atoms with van der Waals surface area (Å²) < 4.78 is 17.1. The number of rotatable bonds is 10. The Labute approximate surface area is 206 Å². The van der Waals surface area contributed by atoms with Gasteiger partial charge in [-0.05, 0) is 46.1 Å². The van der Waals surface area contributed by atoms with Crippen LogP contribution in [0, 0.1) is 18.3 Å². The summed E-state index contributed by atoms with van der Waals surface area (Å²) in [6, 6.07) is 19.3. The smallest absolute Gasteiger partial charge is 0.278 e. The van der Waals surface area contributed by atoms with Crippen molar-refractivity contribution in [3.05, 3.63) is 87.0 Å². The number of ether oxygens (including phenoxy) is 3. The van der Waals surface area contributed by atoms with Gasteiger partial charge in [-0.2, -0.15) is 10.4 Å². The molecule has 0 aliphatic carbocycles. The molecule has 1 N–H and O–H groups in total. The molecule has 1 aromatic heterocycles. The highest BCUT2D eigenvalue weighted by atomic mass is 79.9. The molecule has 1 amide bonds. The van der Waals surface area contributed by atoms with Gasteiger partial charge in [-0.25, -0.2) is 10.4 Å². The summed E-state index contributed by atoms with van der Waals surface area (Å²) in [5.74, 6) is 0.264. The molecule has 8 nitrogen and oxygen atoms in total. The predicted molar refractivity (Wildman–Crippen MR) is 131 cm³/mol. The first kappa shape index (κ1) is 24.9. The molecular weight excluding hydrogens is 500 g/mol.